The van der Waals surface area contributed by atoms with Gasteiger partial charge in [-0.25, -0.2) is 0 Å². The number of para-hydroxylation sites is 1. The molecule has 0 aromatic heterocycles. The molecule has 0 amide bonds. The largest absolute Gasteiger partial charge is 0.308 e. The van der Waals surface area contributed by atoms with Crippen LogP contribution in [0.4, 0.5) is 11.4 Å². The Kier molecular flexibility index (Phi) is 5.26. The summed E-state index contributed by atoms with van der Waals surface area (Å²) in [6, 6.07) is 50.8. The van der Waals surface area contributed by atoms with Gasteiger partial charge >= 0.3 is 0 Å². The molecule has 1 aliphatic carbocycles. The lowest BCUT2D eigenvalue weighted by Gasteiger charge is -2.40. The van der Waals surface area contributed by atoms with E-state index >= 15 is 0 Å². The molecule has 6 aromatic rings. The van der Waals surface area contributed by atoms with Crippen LogP contribution in [0.2, 0.25) is 0 Å². The first-order valence-electron chi connectivity index (χ1n) is 14.7. The minimum atomic E-state index is -0.434. The van der Waals surface area contributed by atoms with Gasteiger partial charge < -0.3 is 4.90 Å². The minimum Gasteiger partial charge on any atom is -0.308 e. The molecule has 1 spiro atoms. The molecule has 43 heavy (non-hydrogen) atoms. The first-order chi connectivity index (χ1) is 21.3. The zero-order valence-electron chi connectivity index (χ0n) is 23.5. The van der Waals surface area contributed by atoms with Crippen LogP contribution in [0.3, 0.4) is 0 Å². The minimum absolute atomic E-state index is 0.434. The summed E-state index contributed by atoms with van der Waals surface area (Å²) >= 11 is 1.87. The molecular formula is C41H27NS. The first kappa shape index (κ1) is 24.5. The third kappa shape index (κ3) is 3.24. The van der Waals surface area contributed by atoms with E-state index in [9.17, 15) is 0 Å². The second-order valence-electron chi connectivity index (χ2n) is 11.3. The van der Waals surface area contributed by atoms with E-state index in [0.29, 0.717) is 0 Å². The summed E-state index contributed by atoms with van der Waals surface area (Å²) in [5.41, 5.74) is 12.2. The molecular weight excluding hydrogens is 539 g/mol. The highest BCUT2D eigenvalue weighted by atomic mass is 32.2. The summed E-state index contributed by atoms with van der Waals surface area (Å²) in [6.45, 7) is 4.48. The van der Waals surface area contributed by atoms with Crippen molar-refractivity contribution in [3.63, 3.8) is 0 Å². The second kappa shape index (κ2) is 9.22. The molecule has 0 saturated heterocycles. The van der Waals surface area contributed by atoms with Crippen LogP contribution in [-0.2, 0) is 5.41 Å². The fraction of sp³-hybridized carbons (Fsp3) is 0.0244. The van der Waals surface area contributed by atoms with Crippen molar-refractivity contribution >= 4 is 45.2 Å². The van der Waals surface area contributed by atoms with Gasteiger partial charge in [0.05, 0.1) is 22.5 Å². The molecule has 9 rings (SSSR count). The van der Waals surface area contributed by atoms with Crippen molar-refractivity contribution in [2.45, 2.75) is 15.2 Å². The Hall–Kier alpha value is -5.05. The van der Waals surface area contributed by atoms with Crippen molar-refractivity contribution in [3.8, 4) is 0 Å². The molecule has 0 atom stereocenters. The van der Waals surface area contributed by atoms with Gasteiger partial charge in [0.25, 0.3) is 0 Å². The molecule has 202 valence electrons. The Morgan fingerprint density at radius 1 is 0.558 bits per heavy atom. The Labute approximate surface area is 256 Å². The highest BCUT2D eigenvalue weighted by molar-refractivity contribution is 7.99. The van der Waals surface area contributed by atoms with Gasteiger partial charge in [-0.15, -0.1) is 0 Å². The van der Waals surface area contributed by atoms with E-state index in [1.165, 1.54) is 76.6 Å². The van der Waals surface area contributed by atoms with E-state index in [0.717, 1.165) is 0 Å². The SMILES string of the molecule is C=CC1=C(/C=C2/c3ccccc3N2c2cccc3ccccc23)c2ccccc2C12c1ccccc1Sc1ccccc12. The Bertz CT molecular complexity index is 2150. The number of benzene rings is 6. The van der Waals surface area contributed by atoms with Gasteiger partial charge in [0.2, 0.25) is 0 Å². The maximum atomic E-state index is 4.48. The molecule has 1 nitrogen and oxygen atoms in total. The van der Waals surface area contributed by atoms with Gasteiger partial charge in [0.15, 0.2) is 0 Å². The zero-order chi connectivity index (χ0) is 28.5. The topological polar surface area (TPSA) is 3.24 Å². The third-order valence-electron chi connectivity index (χ3n) is 9.27. The maximum absolute atomic E-state index is 4.48. The van der Waals surface area contributed by atoms with E-state index in [-0.39, 0.29) is 0 Å². The van der Waals surface area contributed by atoms with Gasteiger partial charge in [-0.3, -0.25) is 0 Å². The van der Waals surface area contributed by atoms with Crippen LogP contribution in [0, 0.1) is 0 Å². The number of nitrogens with zero attached hydrogens (tertiary/aromatic N) is 1. The number of allylic oxidation sites excluding steroid dienone is 4. The first-order valence-corrected chi connectivity index (χ1v) is 15.6. The molecule has 3 aliphatic rings. The Balaban J connectivity index is 1.36. The van der Waals surface area contributed by atoms with Crippen LogP contribution in [0.25, 0.3) is 22.0 Å². The Morgan fingerprint density at radius 2 is 1.14 bits per heavy atom. The smallest absolute Gasteiger partial charge is 0.0735 e. The van der Waals surface area contributed by atoms with Crippen molar-refractivity contribution in [1.29, 1.82) is 0 Å². The van der Waals surface area contributed by atoms with Crippen molar-refractivity contribution in [2.24, 2.45) is 0 Å². The van der Waals surface area contributed by atoms with Gasteiger partial charge in [-0.05, 0) is 69.1 Å². The van der Waals surface area contributed by atoms with Crippen LogP contribution < -0.4 is 4.90 Å². The molecule has 0 unspecified atom stereocenters. The van der Waals surface area contributed by atoms with Crippen LogP contribution >= 0.6 is 11.8 Å². The van der Waals surface area contributed by atoms with Crippen molar-refractivity contribution in [3.05, 3.63) is 192 Å². The van der Waals surface area contributed by atoms with E-state index in [4.69, 9.17) is 0 Å². The quantitative estimate of drug-likeness (QED) is 0.210. The molecule has 0 fully saturated rings. The van der Waals surface area contributed by atoms with E-state index in [1.807, 2.05) is 11.8 Å². The fourth-order valence-electron chi connectivity index (χ4n) is 7.55. The third-order valence-corrected chi connectivity index (χ3v) is 10.4. The van der Waals surface area contributed by atoms with E-state index in [1.54, 1.807) is 0 Å². The highest BCUT2D eigenvalue weighted by Gasteiger charge is 2.50. The average Bonchev–Trinajstić information content (AvgIpc) is 3.33. The van der Waals surface area contributed by atoms with E-state index < -0.39 is 5.41 Å². The number of hydrogen-bond donors (Lipinski definition) is 0. The van der Waals surface area contributed by atoms with E-state index in [2.05, 4.69) is 163 Å². The maximum Gasteiger partial charge on any atom is 0.0735 e. The molecule has 0 radical (unpaired) electrons. The molecule has 0 saturated carbocycles. The monoisotopic (exact) mass is 565 g/mol. The summed E-state index contributed by atoms with van der Waals surface area (Å²) in [5.74, 6) is 0. The van der Waals surface area contributed by atoms with Gasteiger partial charge in [0, 0.05) is 20.7 Å². The molecule has 2 aliphatic heterocycles. The molecule has 2 heterocycles. The molecule has 6 aromatic carbocycles. The number of hydrogen-bond acceptors (Lipinski definition) is 2. The van der Waals surface area contributed by atoms with Crippen molar-refractivity contribution < 1.29 is 0 Å². The second-order valence-corrected chi connectivity index (χ2v) is 12.4. The van der Waals surface area contributed by atoms with Crippen LogP contribution in [-0.4, -0.2) is 0 Å². The lowest BCUT2D eigenvalue weighted by atomic mass is 9.66. The predicted octanol–water partition coefficient (Wildman–Crippen LogP) is 10.8. The lowest BCUT2D eigenvalue weighted by molar-refractivity contribution is 0.717. The summed E-state index contributed by atoms with van der Waals surface area (Å²) in [5, 5.41) is 2.49. The van der Waals surface area contributed by atoms with Gasteiger partial charge in [-0.1, -0.05) is 140 Å². The predicted molar refractivity (Wildman–Crippen MR) is 181 cm³/mol. The van der Waals surface area contributed by atoms with Crippen LogP contribution in [0.1, 0.15) is 27.8 Å². The van der Waals surface area contributed by atoms with Gasteiger partial charge in [0.1, 0.15) is 0 Å². The van der Waals surface area contributed by atoms with Gasteiger partial charge in [-0.2, -0.15) is 0 Å². The summed E-state index contributed by atoms with van der Waals surface area (Å²) < 4.78 is 0. The highest BCUT2D eigenvalue weighted by Crippen LogP contribution is 2.62. The van der Waals surface area contributed by atoms with Crippen LogP contribution in [0.5, 0.6) is 0 Å². The Morgan fingerprint density at radius 3 is 1.91 bits per heavy atom. The normalized spacial score (nSPS) is 16.5. The summed E-state index contributed by atoms with van der Waals surface area (Å²) in [4.78, 5) is 5.03. The van der Waals surface area contributed by atoms with Crippen molar-refractivity contribution in [1.82, 2.24) is 0 Å². The molecule has 2 heteroatoms. The van der Waals surface area contributed by atoms with Crippen molar-refractivity contribution in [2.75, 3.05) is 4.90 Å². The standard InChI is InChI=1S/C41H27NS/c1-2-32-31(26-38-30-18-6-10-22-37(30)42(38)36-23-13-15-27-14-3-4-16-28(27)36)29-17-5-7-19-33(29)41(32)34-20-8-11-24-39(34)43-40-25-12-9-21-35(40)41/h2-26H,1H2/b38-26-. The summed E-state index contributed by atoms with van der Waals surface area (Å²) in [7, 11) is 0. The molecule has 0 N–H and O–H groups in total. The fourth-order valence-corrected chi connectivity index (χ4v) is 8.75. The number of anilines is 2. The number of rotatable bonds is 3. The summed E-state index contributed by atoms with van der Waals surface area (Å²) in [6.07, 6.45) is 4.53. The average molecular weight is 566 g/mol. The van der Waals surface area contributed by atoms with Crippen LogP contribution in [0.15, 0.2) is 174 Å². The molecule has 0 bridgehead atoms. The number of fused-ring (bicyclic) bond motifs is 8. The lowest BCUT2D eigenvalue weighted by Crippen LogP contribution is -2.32. The zero-order valence-corrected chi connectivity index (χ0v) is 24.3.